The third-order valence-electron chi connectivity index (χ3n) is 2.28. The van der Waals surface area contributed by atoms with Crippen molar-refractivity contribution in [3.63, 3.8) is 0 Å². The highest BCUT2D eigenvalue weighted by Crippen LogP contribution is 2.12. The van der Waals surface area contributed by atoms with Gasteiger partial charge in [0.1, 0.15) is 6.04 Å². The smallest absolute Gasteiger partial charge is 0.325 e. The molecule has 0 spiro atoms. The Labute approximate surface area is 95.8 Å². The molecule has 0 amide bonds. The van der Waals surface area contributed by atoms with Crippen LogP contribution in [-0.2, 0) is 4.79 Å². The van der Waals surface area contributed by atoms with Crippen LogP contribution < -0.4 is 5.32 Å². The summed E-state index contributed by atoms with van der Waals surface area (Å²) in [6, 6.07) is 8.59. The predicted molar refractivity (Wildman–Crippen MR) is 64.3 cm³/mol. The maximum atomic E-state index is 11.1. The van der Waals surface area contributed by atoms with Crippen LogP contribution in [0, 0.1) is 0 Å². The van der Waals surface area contributed by atoms with E-state index in [1.165, 1.54) is 0 Å². The van der Waals surface area contributed by atoms with Crippen LogP contribution in [-0.4, -0.2) is 17.6 Å². The molecule has 3 heteroatoms. The fourth-order valence-electron chi connectivity index (χ4n) is 1.47. The van der Waals surface area contributed by atoms with Crippen molar-refractivity contribution in [3.8, 4) is 0 Å². The van der Waals surface area contributed by atoms with Gasteiger partial charge in [0.25, 0.3) is 0 Å². The number of allylic oxidation sites excluding steroid dienone is 1. The highest BCUT2D eigenvalue weighted by atomic mass is 16.4. The van der Waals surface area contributed by atoms with E-state index in [1.54, 1.807) is 0 Å². The number of hydrogen-bond donors (Lipinski definition) is 2. The fraction of sp³-hybridized carbons (Fsp3) is 0.308. The van der Waals surface area contributed by atoms with Crippen molar-refractivity contribution in [1.29, 1.82) is 0 Å². The third-order valence-corrected chi connectivity index (χ3v) is 2.28. The van der Waals surface area contributed by atoms with E-state index in [4.69, 9.17) is 5.11 Å². The normalized spacial score (nSPS) is 12.8. The van der Waals surface area contributed by atoms with E-state index in [2.05, 4.69) is 5.32 Å². The zero-order valence-electron chi connectivity index (χ0n) is 9.39. The molecular weight excluding hydrogens is 202 g/mol. The van der Waals surface area contributed by atoms with Crippen molar-refractivity contribution < 1.29 is 9.90 Å². The molecule has 3 nitrogen and oxygen atoms in total. The Morgan fingerprint density at radius 3 is 2.69 bits per heavy atom. The number of benzene rings is 1. The van der Waals surface area contributed by atoms with Crippen molar-refractivity contribution in [3.05, 3.63) is 48.0 Å². The molecule has 1 aromatic carbocycles. The van der Waals surface area contributed by atoms with E-state index < -0.39 is 12.0 Å². The minimum absolute atomic E-state index is 0.619. The quantitative estimate of drug-likeness (QED) is 0.570. The van der Waals surface area contributed by atoms with Crippen LogP contribution in [0.5, 0.6) is 0 Å². The summed E-state index contributed by atoms with van der Waals surface area (Å²) in [5, 5.41) is 12.1. The van der Waals surface area contributed by atoms with Crippen LogP contribution >= 0.6 is 0 Å². The largest absolute Gasteiger partial charge is 0.480 e. The first-order chi connectivity index (χ1) is 7.75. The maximum Gasteiger partial charge on any atom is 0.325 e. The Balaban J connectivity index is 2.59. The number of nitrogens with one attached hydrogen (secondary N) is 1. The lowest BCUT2D eigenvalue weighted by Gasteiger charge is -2.13. The molecule has 0 aliphatic heterocycles. The Morgan fingerprint density at radius 2 is 2.12 bits per heavy atom. The van der Waals surface area contributed by atoms with E-state index in [-0.39, 0.29) is 0 Å². The van der Waals surface area contributed by atoms with Gasteiger partial charge in [-0.3, -0.25) is 4.79 Å². The maximum absolute atomic E-state index is 11.1. The first kappa shape index (κ1) is 12.5. The summed E-state index contributed by atoms with van der Waals surface area (Å²) in [6.45, 7) is 2.61. The van der Waals surface area contributed by atoms with Gasteiger partial charge in [0.2, 0.25) is 0 Å². The van der Waals surface area contributed by atoms with Crippen LogP contribution in [0.1, 0.15) is 24.9 Å². The number of carbonyl (C=O) groups is 1. The molecule has 0 fully saturated rings. The summed E-state index contributed by atoms with van der Waals surface area (Å²) in [6.07, 6.45) is 4.81. The SMILES string of the molecule is C/C=C/CCNC(C(=O)O)c1ccccc1. The Kier molecular flexibility index (Phi) is 5.29. The third kappa shape index (κ3) is 3.87. The summed E-state index contributed by atoms with van der Waals surface area (Å²) in [7, 11) is 0. The van der Waals surface area contributed by atoms with Gasteiger partial charge < -0.3 is 10.4 Å². The molecule has 0 saturated heterocycles. The number of hydrogen-bond acceptors (Lipinski definition) is 2. The van der Waals surface area contributed by atoms with E-state index in [1.807, 2.05) is 49.4 Å². The molecule has 0 heterocycles. The molecule has 1 aromatic rings. The molecule has 1 atom stereocenters. The lowest BCUT2D eigenvalue weighted by Crippen LogP contribution is -2.29. The van der Waals surface area contributed by atoms with Gasteiger partial charge >= 0.3 is 5.97 Å². The monoisotopic (exact) mass is 219 g/mol. The molecule has 0 aromatic heterocycles. The van der Waals surface area contributed by atoms with Crippen LogP contribution in [0.2, 0.25) is 0 Å². The topological polar surface area (TPSA) is 49.3 Å². The zero-order chi connectivity index (χ0) is 11.8. The second-order valence-corrected chi connectivity index (χ2v) is 3.49. The molecule has 1 rings (SSSR count). The zero-order valence-corrected chi connectivity index (χ0v) is 9.39. The van der Waals surface area contributed by atoms with Gasteiger partial charge in [0.15, 0.2) is 0 Å². The van der Waals surface area contributed by atoms with E-state index >= 15 is 0 Å². The minimum Gasteiger partial charge on any atom is -0.480 e. The number of rotatable bonds is 6. The van der Waals surface area contributed by atoms with Gasteiger partial charge in [-0.15, -0.1) is 0 Å². The van der Waals surface area contributed by atoms with E-state index in [0.717, 1.165) is 12.0 Å². The Hall–Kier alpha value is -1.61. The summed E-state index contributed by atoms with van der Waals surface area (Å²) in [4.78, 5) is 11.1. The summed E-state index contributed by atoms with van der Waals surface area (Å²) in [5.41, 5.74) is 0.787. The molecule has 2 N–H and O–H groups in total. The molecule has 0 aliphatic rings. The second kappa shape index (κ2) is 6.80. The molecule has 86 valence electrons. The van der Waals surface area contributed by atoms with Gasteiger partial charge in [0.05, 0.1) is 0 Å². The summed E-state index contributed by atoms with van der Waals surface area (Å²) in [5.74, 6) is -0.841. The average molecular weight is 219 g/mol. The summed E-state index contributed by atoms with van der Waals surface area (Å²) < 4.78 is 0. The second-order valence-electron chi connectivity index (χ2n) is 3.49. The number of carboxylic acids is 1. The van der Waals surface area contributed by atoms with Crippen molar-refractivity contribution >= 4 is 5.97 Å². The number of carboxylic acid groups (broad SMARTS) is 1. The molecule has 0 bridgehead atoms. The molecule has 0 saturated carbocycles. The first-order valence-electron chi connectivity index (χ1n) is 5.38. The first-order valence-corrected chi connectivity index (χ1v) is 5.38. The molecule has 0 aliphatic carbocycles. The predicted octanol–water partition coefficient (Wildman–Crippen LogP) is 2.37. The Morgan fingerprint density at radius 1 is 1.44 bits per heavy atom. The van der Waals surface area contributed by atoms with Crippen LogP contribution in [0.3, 0.4) is 0 Å². The molecular formula is C13H17NO2. The lowest BCUT2D eigenvalue weighted by molar-refractivity contribution is -0.139. The number of aliphatic carboxylic acids is 1. The van der Waals surface area contributed by atoms with Crippen LogP contribution in [0.15, 0.2) is 42.5 Å². The fourth-order valence-corrected chi connectivity index (χ4v) is 1.47. The average Bonchev–Trinajstić information content (AvgIpc) is 2.30. The van der Waals surface area contributed by atoms with Crippen LogP contribution in [0.25, 0.3) is 0 Å². The van der Waals surface area contributed by atoms with Crippen molar-refractivity contribution in [1.82, 2.24) is 5.32 Å². The van der Waals surface area contributed by atoms with Crippen LogP contribution in [0.4, 0.5) is 0 Å². The highest BCUT2D eigenvalue weighted by Gasteiger charge is 2.17. The molecule has 1 unspecified atom stereocenters. The minimum atomic E-state index is -0.841. The van der Waals surface area contributed by atoms with Gasteiger partial charge in [-0.2, -0.15) is 0 Å². The van der Waals surface area contributed by atoms with E-state index in [9.17, 15) is 4.79 Å². The van der Waals surface area contributed by atoms with E-state index in [0.29, 0.717) is 6.54 Å². The molecule has 16 heavy (non-hydrogen) atoms. The van der Waals surface area contributed by atoms with Crippen molar-refractivity contribution in [2.45, 2.75) is 19.4 Å². The lowest BCUT2D eigenvalue weighted by atomic mass is 10.1. The molecule has 0 radical (unpaired) electrons. The van der Waals surface area contributed by atoms with Crippen molar-refractivity contribution in [2.24, 2.45) is 0 Å². The standard InChI is InChI=1S/C13H17NO2/c1-2-3-7-10-14-12(13(15)16)11-8-5-4-6-9-11/h2-6,8-9,12,14H,7,10H2,1H3,(H,15,16)/b3-2+. The Bertz CT molecular complexity index is 346. The van der Waals surface area contributed by atoms with Gasteiger partial charge in [-0.25, -0.2) is 0 Å². The van der Waals surface area contributed by atoms with Gasteiger partial charge in [-0.05, 0) is 25.5 Å². The van der Waals surface area contributed by atoms with Gasteiger partial charge in [-0.1, -0.05) is 42.5 Å². The summed E-state index contributed by atoms with van der Waals surface area (Å²) >= 11 is 0. The van der Waals surface area contributed by atoms with Crippen molar-refractivity contribution in [2.75, 3.05) is 6.54 Å². The van der Waals surface area contributed by atoms with Gasteiger partial charge in [0, 0.05) is 0 Å². The highest BCUT2D eigenvalue weighted by molar-refractivity contribution is 5.75.